The maximum absolute atomic E-state index is 11.3. The Kier molecular flexibility index (Phi) is 3.25. The summed E-state index contributed by atoms with van der Waals surface area (Å²) in [6.45, 7) is 1.02. The van der Waals surface area contributed by atoms with Crippen LogP contribution in [0.1, 0.15) is 6.42 Å². The molecular formula is C8H15N3O. The fraction of sp³-hybridized carbons (Fsp3) is 0.625. The first-order valence-corrected chi connectivity index (χ1v) is 4.15. The monoisotopic (exact) mass is 169 g/mol. The molecule has 4 heteroatoms. The summed E-state index contributed by atoms with van der Waals surface area (Å²) in [6.07, 6.45) is 4.44. The molecule has 0 spiro atoms. The molecule has 0 aromatic heterocycles. The summed E-state index contributed by atoms with van der Waals surface area (Å²) in [7, 11) is 0. The quantitative estimate of drug-likeness (QED) is 0.472. The zero-order chi connectivity index (χ0) is 8.97. The lowest BCUT2D eigenvalue weighted by molar-refractivity contribution is -0.123. The van der Waals surface area contributed by atoms with Crippen molar-refractivity contribution >= 4 is 5.91 Å². The minimum atomic E-state index is -0.0495. The van der Waals surface area contributed by atoms with Gasteiger partial charge in [-0.2, -0.15) is 0 Å². The van der Waals surface area contributed by atoms with Crippen LogP contribution in [0.4, 0.5) is 0 Å². The lowest BCUT2D eigenvalue weighted by Crippen LogP contribution is -2.34. The van der Waals surface area contributed by atoms with Gasteiger partial charge in [-0.05, 0) is 6.42 Å². The van der Waals surface area contributed by atoms with E-state index in [9.17, 15) is 4.79 Å². The second kappa shape index (κ2) is 4.23. The third-order valence-corrected chi connectivity index (χ3v) is 1.90. The molecule has 1 aliphatic carbocycles. The van der Waals surface area contributed by atoms with Crippen molar-refractivity contribution in [2.75, 3.05) is 13.1 Å². The molecule has 0 saturated carbocycles. The van der Waals surface area contributed by atoms with Gasteiger partial charge in [0.15, 0.2) is 0 Å². The van der Waals surface area contributed by atoms with Crippen LogP contribution in [0.2, 0.25) is 0 Å². The molecule has 0 aromatic rings. The maximum atomic E-state index is 11.3. The maximum Gasteiger partial charge on any atom is 0.227 e. The first kappa shape index (κ1) is 9.22. The van der Waals surface area contributed by atoms with Crippen molar-refractivity contribution < 1.29 is 4.79 Å². The molecule has 0 bridgehead atoms. The fourth-order valence-corrected chi connectivity index (χ4v) is 1.25. The van der Waals surface area contributed by atoms with Crippen LogP contribution in [0.25, 0.3) is 0 Å². The summed E-state index contributed by atoms with van der Waals surface area (Å²) < 4.78 is 0. The van der Waals surface area contributed by atoms with Crippen LogP contribution in [-0.4, -0.2) is 25.0 Å². The molecule has 1 rings (SSSR count). The summed E-state index contributed by atoms with van der Waals surface area (Å²) in [4.78, 5) is 11.3. The van der Waals surface area contributed by atoms with E-state index < -0.39 is 0 Å². The van der Waals surface area contributed by atoms with Crippen LogP contribution in [0.5, 0.6) is 0 Å². The van der Waals surface area contributed by atoms with Crippen LogP contribution >= 0.6 is 0 Å². The Morgan fingerprint density at radius 2 is 2.33 bits per heavy atom. The van der Waals surface area contributed by atoms with Crippen molar-refractivity contribution in [3.05, 3.63) is 12.2 Å². The number of amides is 1. The Hall–Kier alpha value is -0.870. The summed E-state index contributed by atoms with van der Waals surface area (Å²) in [5, 5.41) is 2.72. The van der Waals surface area contributed by atoms with Crippen LogP contribution in [-0.2, 0) is 4.79 Å². The number of rotatable bonds is 3. The van der Waals surface area contributed by atoms with Crippen molar-refractivity contribution in [3.8, 4) is 0 Å². The molecule has 2 unspecified atom stereocenters. The van der Waals surface area contributed by atoms with Crippen molar-refractivity contribution in [2.45, 2.75) is 12.5 Å². The van der Waals surface area contributed by atoms with Gasteiger partial charge in [0.25, 0.3) is 0 Å². The van der Waals surface area contributed by atoms with Gasteiger partial charge in [0.05, 0.1) is 5.92 Å². The van der Waals surface area contributed by atoms with E-state index in [1.54, 1.807) is 0 Å². The van der Waals surface area contributed by atoms with Crippen molar-refractivity contribution in [1.82, 2.24) is 5.32 Å². The molecule has 68 valence electrons. The van der Waals surface area contributed by atoms with Gasteiger partial charge in [-0.15, -0.1) is 0 Å². The Labute approximate surface area is 72.0 Å². The number of nitrogens with one attached hydrogen (secondary N) is 1. The highest BCUT2D eigenvalue weighted by molar-refractivity contribution is 5.81. The van der Waals surface area contributed by atoms with Gasteiger partial charge >= 0.3 is 0 Å². The number of hydrogen-bond donors (Lipinski definition) is 3. The van der Waals surface area contributed by atoms with Gasteiger partial charge < -0.3 is 16.8 Å². The normalized spacial score (nSPS) is 27.5. The summed E-state index contributed by atoms with van der Waals surface area (Å²) in [5.41, 5.74) is 10.8. The third kappa shape index (κ3) is 2.32. The van der Waals surface area contributed by atoms with E-state index in [-0.39, 0.29) is 17.9 Å². The molecule has 0 fully saturated rings. The van der Waals surface area contributed by atoms with Gasteiger partial charge in [-0.3, -0.25) is 4.79 Å². The fourth-order valence-electron chi connectivity index (χ4n) is 1.25. The highest BCUT2D eigenvalue weighted by Gasteiger charge is 2.21. The Bertz CT molecular complexity index is 191. The van der Waals surface area contributed by atoms with Crippen LogP contribution in [0.15, 0.2) is 12.2 Å². The SMILES string of the molecule is NCCNC(=O)C1C=CC(N)C1. The molecule has 0 heterocycles. The topological polar surface area (TPSA) is 81.1 Å². The largest absolute Gasteiger partial charge is 0.354 e. The first-order chi connectivity index (χ1) is 5.74. The predicted octanol–water partition coefficient (Wildman–Crippen LogP) is -1.04. The molecule has 12 heavy (non-hydrogen) atoms. The lowest BCUT2D eigenvalue weighted by Gasteiger charge is -2.08. The van der Waals surface area contributed by atoms with Gasteiger partial charge in [-0.1, -0.05) is 12.2 Å². The molecule has 4 nitrogen and oxygen atoms in total. The molecule has 0 aromatic carbocycles. The average Bonchev–Trinajstić information content (AvgIpc) is 2.47. The molecular weight excluding hydrogens is 154 g/mol. The van der Waals surface area contributed by atoms with E-state index >= 15 is 0 Å². The number of nitrogens with two attached hydrogens (primary N) is 2. The zero-order valence-electron chi connectivity index (χ0n) is 6.99. The van der Waals surface area contributed by atoms with Gasteiger partial charge in [0, 0.05) is 19.1 Å². The molecule has 0 saturated heterocycles. The second-order valence-corrected chi connectivity index (χ2v) is 2.97. The second-order valence-electron chi connectivity index (χ2n) is 2.97. The van der Waals surface area contributed by atoms with Gasteiger partial charge in [0.2, 0.25) is 5.91 Å². The van der Waals surface area contributed by atoms with E-state index in [0.29, 0.717) is 13.1 Å². The van der Waals surface area contributed by atoms with Crippen molar-refractivity contribution in [2.24, 2.45) is 17.4 Å². The zero-order valence-corrected chi connectivity index (χ0v) is 6.99. The number of carbonyl (C=O) groups is 1. The molecule has 1 aliphatic rings. The summed E-state index contributed by atoms with van der Waals surface area (Å²) >= 11 is 0. The molecule has 0 radical (unpaired) electrons. The lowest BCUT2D eigenvalue weighted by atomic mass is 10.1. The molecule has 1 amide bonds. The highest BCUT2D eigenvalue weighted by Crippen LogP contribution is 2.15. The summed E-state index contributed by atoms with van der Waals surface area (Å²) in [6, 6.07) is 0.0404. The molecule has 5 N–H and O–H groups in total. The Balaban J connectivity index is 2.29. The van der Waals surface area contributed by atoms with E-state index in [2.05, 4.69) is 5.32 Å². The van der Waals surface area contributed by atoms with E-state index in [0.717, 1.165) is 6.42 Å². The van der Waals surface area contributed by atoms with Crippen LogP contribution in [0, 0.1) is 5.92 Å². The number of hydrogen-bond acceptors (Lipinski definition) is 3. The van der Waals surface area contributed by atoms with Crippen LogP contribution < -0.4 is 16.8 Å². The first-order valence-electron chi connectivity index (χ1n) is 4.15. The molecule has 2 atom stereocenters. The summed E-state index contributed by atoms with van der Waals surface area (Å²) in [5.74, 6) is -0.0174. The van der Waals surface area contributed by atoms with Crippen molar-refractivity contribution in [3.63, 3.8) is 0 Å². The molecule has 0 aliphatic heterocycles. The van der Waals surface area contributed by atoms with E-state index in [1.165, 1.54) is 0 Å². The van der Waals surface area contributed by atoms with Crippen LogP contribution in [0.3, 0.4) is 0 Å². The average molecular weight is 169 g/mol. The van der Waals surface area contributed by atoms with Gasteiger partial charge in [-0.25, -0.2) is 0 Å². The third-order valence-electron chi connectivity index (χ3n) is 1.90. The Morgan fingerprint density at radius 1 is 1.58 bits per heavy atom. The number of carbonyl (C=O) groups excluding carboxylic acids is 1. The van der Waals surface area contributed by atoms with E-state index in [1.807, 2.05) is 12.2 Å². The van der Waals surface area contributed by atoms with E-state index in [4.69, 9.17) is 11.5 Å². The minimum absolute atomic E-state index is 0.0321. The van der Waals surface area contributed by atoms with Gasteiger partial charge in [0.1, 0.15) is 0 Å². The highest BCUT2D eigenvalue weighted by atomic mass is 16.1. The van der Waals surface area contributed by atoms with Crippen molar-refractivity contribution in [1.29, 1.82) is 0 Å². The minimum Gasteiger partial charge on any atom is -0.354 e. The Morgan fingerprint density at radius 3 is 2.83 bits per heavy atom. The standard InChI is InChI=1S/C8H15N3O/c9-3-4-11-8(12)6-1-2-7(10)5-6/h1-2,6-7H,3-5,9-10H2,(H,11,12). The smallest absolute Gasteiger partial charge is 0.227 e. The predicted molar refractivity (Wildman–Crippen MR) is 47.3 cm³/mol.